The highest BCUT2D eigenvalue weighted by atomic mass is 32.2. The quantitative estimate of drug-likeness (QED) is 0.126. The van der Waals surface area contributed by atoms with E-state index in [2.05, 4.69) is 21.3 Å². The fourth-order valence-corrected chi connectivity index (χ4v) is 3.66. The van der Waals surface area contributed by atoms with Crippen molar-refractivity contribution in [3.05, 3.63) is 0 Å². The molecule has 1 fully saturated rings. The Kier molecular flexibility index (Phi) is 12.2. The normalized spacial score (nSPS) is 17.9. The SMILES string of the molecule is CSCCC(NC(=O)C(CC(N)=O)NC(=O)C(CCC(N)=O)NC(=O)C1CCCN1)C(=O)O. The summed E-state index contributed by atoms with van der Waals surface area (Å²) in [5.41, 5.74) is 10.3. The van der Waals surface area contributed by atoms with Crippen LogP contribution < -0.4 is 32.7 Å². The standard InChI is InChI=1S/C19H32N6O7S/c1-33-8-6-12(19(31)32)24-18(30)13(9-15(21)27)25-17(29)11(4-5-14(20)26)23-16(28)10-3-2-7-22-10/h10-13,22H,2-9H2,1H3,(H2,20,26)(H2,21,27)(H,23,28)(H,24,30)(H,25,29)(H,31,32). The Balaban J connectivity index is 2.93. The van der Waals surface area contributed by atoms with Crippen LogP contribution in [0.1, 0.15) is 38.5 Å². The van der Waals surface area contributed by atoms with Crippen molar-refractivity contribution in [3.8, 4) is 0 Å². The molecule has 0 bridgehead atoms. The van der Waals surface area contributed by atoms with Crippen molar-refractivity contribution in [1.82, 2.24) is 21.3 Å². The molecular formula is C19H32N6O7S. The number of hydrogen-bond donors (Lipinski definition) is 7. The molecule has 14 heteroatoms. The molecule has 0 saturated carbocycles. The maximum Gasteiger partial charge on any atom is 0.326 e. The van der Waals surface area contributed by atoms with Crippen LogP contribution in [-0.2, 0) is 28.8 Å². The predicted molar refractivity (Wildman–Crippen MR) is 120 cm³/mol. The molecule has 33 heavy (non-hydrogen) atoms. The number of thioether (sulfide) groups is 1. The molecule has 0 aromatic carbocycles. The van der Waals surface area contributed by atoms with Crippen molar-refractivity contribution >= 4 is 47.3 Å². The van der Waals surface area contributed by atoms with Crippen LogP contribution in [0.15, 0.2) is 0 Å². The van der Waals surface area contributed by atoms with Gasteiger partial charge in [-0.1, -0.05) is 0 Å². The first-order valence-corrected chi connectivity index (χ1v) is 11.9. The van der Waals surface area contributed by atoms with Crippen molar-refractivity contribution in [2.45, 2.75) is 62.7 Å². The van der Waals surface area contributed by atoms with Crippen molar-refractivity contribution in [3.63, 3.8) is 0 Å². The number of hydrogen-bond acceptors (Lipinski definition) is 8. The van der Waals surface area contributed by atoms with Crippen molar-refractivity contribution < 1.29 is 33.9 Å². The van der Waals surface area contributed by atoms with Gasteiger partial charge in [-0.15, -0.1) is 0 Å². The molecule has 0 spiro atoms. The average molecular weight is 489 g/mol. The summed E-state index contributed by atoms with van der Waals surface area (Å²) >= 11 is 1.39. The zero-order chi connectivity index (χ0) is 25.0. The molecule has 0 aliphatic carbocycles. The molecule has 1 aliphatic heterocycles. The van der Waals surface area contributed by atoms with E-state index in [0.29, 0.717) is 18.7 Å². The summed E-state index contributed by atoms with van der Waals surface area (Å²) in [5.74, 6) is -4.59. The van der Waals surface area contributed by atoms with Crippen LogP contribution in [0, 0.1) is 0 Å². The fourth-order valence-electron chi connectivity index (χ4n) is 3.18. The molecule has 0 aromatic heterocycles. The summed E-state index contributed by atoms with van der Waals surface area (Å²) in [7, 11) is 0. The number of nitrogens with two attached hydrogens (primary N) is 2. The minimum atomic E-state index is -1.47. The number of primary amides is 2. The minimum absolute atomic E-state index is 0.129. The van der Waals surface area contributed by atoms with Crippen LogP contribution in [0.2, 0.25) is 0 Å². The second-order valence-corrected chi connectivity index (χ2v) is 8.61. The Hall–Kier alpha value is -2.87. The maximum absolute atomic E-state index is 12.8. The highest BCUT2D eigenvalue weighted by molar-refractivity contribution is 7.98. The zero-order valence-corrected chi connectivity index (χ0v) is 19.2. The number of carboxylic acid groups (broad SMARTS) is 1. The molecular weight excluding hydrogens is 456 g/mol. The zero-order valence-electron chi connectivity index (χ0n) is 18.4. The number of aliphatic carboxylic acids is 1. The van der Waals surface area contributed by atoms with Gasteiger partial charge in [0, 0.05) is 6.42 Å². The van der Waals surface area contributed by atoms with E-state index in [1.54, 1.807) is 6.26 Å². The van der Waals surface area contributed by atoms with E-state index in [4.69, 9.17) is 11.5 Å². The lowest BCUT2D eigenvalue weighted by atomic mass is 10.1. The summed E-state index contributed by atoms with van der Waals surface area (Å²) < 4.78 is 0. The maximum atomic E-state index is 12.8. The Morgan fingerprint density at radius 3 is 2.12 bits per heavy atom. The van der Waals surface area contributed by atoms with Crippen LogP contribution in [0.5, 0.6) is 0 Å². The monoisotopic (exact) mass is 488 g/mol. The minimum Gasteiger partial charge on any atom is -0.480 e. The van der Waals surface area contributed by atoms with Crippen molar-refractivity contribution in [2.24, 2.45) is 11.5 Å². The lowest BCUT2D eigenvalue weighted by molar-refractivity contribution is -0.142. The third-order valence-corrected chi connectivity index (χ3v) is 5.60. The molecule has 4 atom stereocenters. The van der Waals surface area contributed by atoms with Gasteiger partial charge in [0.1, 0.15) is 18.1 Å². The second-order valence-electron chi connectivity index (χ2n) is 7.63. The molecule has 1 heterocycles. The summed E-state index contributed by atoms with van der Waals surface area (Å²) in [6.07, 6.45) is 2.35. The van der Waals surface area contributed by atoms with Gasteiger partial charge >= 0.3 is 5.97 Å². The van der Waals surface area contributed by atoms with Crippen LogP contribution in [-0.4, -0.2) is 83.3 Å². The average Bonchev–Trinajstić information content (AvgIpc) is 3.27. The molecule has 0 radical (unpaired) electrons. The lowest BCUT2D eigenvalue weighted by Gasteiger charge is -2.24. The van der Waals surface area contributed by atoms with E-state index >= 15 is 0 Å². The third-order valence-electron chi connectivity index (χ3n) is 4.95. The molecule has 13 nitrogen and oxygen atoms in total. The van der Waals surface area contributed by atoms with Crippen molar-refractivity contribution in [1.29, 1.82) is 0 Å². The van der Waals surface area contributed by atoms with Crippen LogP contribution in [0.4, 0.5) is 0 Å². The van der Waals surface area contributed by atoms with Gasteiger partial charge in [-0.05, 0) is 44.2 Å². The van der Waals surface area contributed by atoms with Gasteiger partial charge < -0.3 is 37.8 Å². The van der Waals surface area contributed by atoms with Crippen LogP contribution in [0.25, 0.3) is 0 Å². The molecule has 186 valence electrons. The van der Waals surface area contributed by atoms with Gasteiger partial charge in [0.25, 0.3) is 0 Å². The van der Waals surface area contributed by atoms with Gasteiger partial charge in [-0.3, -0.25) is 24.0 Å². The van der Waals surface area contributed by atoms with Gasteiger partial charge in [-0.25, -0.2) is 4.79 Å². The molecule has 1 saturated heterocycles. The molecule has 0 aromatic rings. The van der Waals surface area contributed by atoms with Crippen LogP contribution in [0.3, 0.4) is 0 Å². The summed E-state index contributed by atoms with van der Waals surface area (Å²) in [6.45, 7) is 0.651. The van der Waals surface area contributed by atoms with Gasteiger partial charge in [0.05, 0.1) is 12.5 Å². The first-order chi connectivity index (χ1) is 15.5. The van der Waals surface area contributed by atoms with Gasteiger partial charge in [0.2, 0.25) is 29.5 Å². The summed E-state index contributed by atoms with van der Waals surface area (Å²) in [5, 5.41) is 19.4. The molecule has 1 rings (SSSR count). The van der Waals surface area contributed by atoms with Crippen LogP contribution >= 0.6 is 11.8 Å². The highest BCUT2D eigenvalue weighted by Crippen LogP contribution is 2.08. The number of carboxylic acids is 1. The number of rotatable bonds is 15. The first-order valence-electron chi connectivity index (χ1n) is 10.5. The van der Waals surface area contributed by atoms with E-state index in [0.717, 1.165) is 6.42 Å². The molecule has 5 amide bonds. The topological polar surface area (TPSA) is 223 Å². The lowest BCUT2D eigenvalue weighted by Crippen LogP contribution is -2.57. The Morgan fingerprint density at radius 1 is 0.970 bits per heavy atom. The van der Waals surface area contributed by atoms with Gasteiger partial charge in [0.15, 0.2) is 0 Å². The molecule has 4 unspecified atom stereocenters. The Morgan fingerprint density at radius 2 is 1.61 bits per heavy atom. The predicted octanol–water partition coefficient (Wildman–Crippen LogP) is -2.83. The van der Waals surface area contributed by atoms with Crippen molar-refractivity contribution in [2.75, 3.05) is 18.6 Å². The number of amides is 5. The Labute approximate surface area is 195 Å². The largest absolute Gasteiger partial charge is 0.480 e. The van der Waals surface area contributed by atoms with E-state index in [9.17, 15) is 33.9 Å². The highest BCUT2D eigenvalue weighted by Gasteiger charge is 2.32. The molecule has 1 aliphatic rings. The smallest absolute Gasteiger partial charge is 0.326 e. The third kappa shape index (κ3) is 10.5. The van der Waals surface area contributed by atoms with Gasteiger partial charge in [-0.2, -0.15) is 11.8 Å². The number of nitrogens with one attached hydrogen (secondary N) is 4. The summed E-state index contributed by atoms with van der Waals surface area (Å²) in [6, 6.07) is -4.39. The number of carbonyl (C=O) groups excluding carboxylic acids is 5. The van der Waals surface area contributed by atoms with E-state index < -0.39 is 66.1 Å². The fraction of sp³-hybridized carbons (Fsp3) is 0.684. The summed E-state index contributed by atoms with van der Waals surface area (Å²) in [4.78, 5) is 72.0. The second kappa shape index (κ2) is 14.3. The van der Waals surface area contributed by atoms with E-state index in [1.165, 1.54) is 11.8 Å². The molecule has 9 N–H and O–H groups in total. The number of carbonyl (C=O) groups is 6. The first kappa shape index (κ1) is 28.2. The van der Waals surface area contributed by atoms with E-state index in [1.807, 2.05) is 0 Å². The van der Waals surface area contributed by atoms with E-state index in [-0.39, 0.29) is 19.3 Å². The Bertz CT molecular complexity index is 744.